The van der Waals surface area contributed by atoms with E-state index in [4.69, 9.17) is 9.47 Å². The lowest BCUT2D eigenvalue weighted by Gasteiger charge is -2.27. The summed E-state index contributed by atoms with van der Waals surface area (Å²) in [5.41, 5.74) is 1.29. The number of amides is 1. The van der Waals surface area contributed by atoms with E-state index in [0.29, 0.717) is 31.1 Å². The van der Waals surface area contributed by atoms with Crippen LogP contribution in [-0.2, 0) is 14.3 Å². The number of likely N-dealkylation sites (tertiary alicyclic amines) is 1. The molecule has 0 aliphatic carbocycles. The van der Waals surface area contributed by atoms with Crippen LogP contribution < -0.4 is 4.74 Å². The highest BCUT2D eigenvalue weighted by atomic mass is 79.9. The zero-order chi connectivity index (χ0) is 22.0. The number of carbonyl (C=O) groups excluding carboxylic acids is 2. The Labute approximate surface area is 189 Å². The number of ketones is 1. The van der Waals surface area contributed by atoms with Crippen LogP contribution in [0.25, 0.3) is 5.76 Å². The summed E-state index contributed by atoms with van der Waals surface area (Å²) in [6.07, 6.45) is 1.66. The standard InChI is InChI=1S/C24H24BrNO5/c1-2-30-18-10-8-15(9-11-18)22(27)20-21(16-5-3-6-17(25)13-16)26(24(29)23(20)28)14-19-7-4-12-31-19/h3,5-6,8-11,13,19,21,27H,2,4,7,12,14H2,1H3/b22-20+. The number of aliphatic hydroxyl groups excluding tert-OH is 1. The number of hydrogen-bond acceptors (Lipinski definition) is 5. The van der Waals surface area contributed by atoms with E-state index < -0.39 is 17.7 Å². The summed E-state index contributed by atoms with van der Waals surface area (Å²) >= 11 is 3.47. The van der Waals surface area contributed by atoms with Crippen molar-refractivity contribution >= 4 is 33.4 Å². The van der Waals surface area contributed by atoms with Crippen molar-refractivity contribution in [1.82, 2.24) is 4.90 Å². The Bertz CT molecular complexity index is 1010. The molecule has 2 heterocycles. The summed E-state index contributed by atoms with van der Waals surface area (Å²) in [5, 5.41) is 11.1. The fraction of sp³-hybridized carbons (Fsp3) is 0.333. The minimum atomic E-state index is -0.687. The Kier molecular flexibility index (Phi) is 6.43. The summed E-state index contributed by atoms with van der Waals surface area (Å²) in [4.78, 5) is 27.6. The normalized spacial score (nSPS) is 22.8. The van der Waals surface area contributed by atoms with Crippen molar-refractivity contribution in [3.05, 3.63) is 69.7 Å². The Morgan fingerprint density at radius 3 is 2.65 bits per heavy atom. The average Bonchev–Trinajstić information content (AvgIpc) is 3.36. The van der Waals surface area contributed by atoms with E-state index in [9.17, 15) is 14.7 Å². The number of Topliss-reactive ketones (excluding diaryl/α,β-unsaturated/α-hetero) is 1. The quantitative estimate of drug-likeness (QED) is 0.371. The zero-order valence-electron chi connectivity index (χ0n) is 17.2. The molecule has 2 aliphatic rings. The van der Waals surface area contributed by atoms with Crippen molar-refractivity contribution in [2.45, 2.75) is 31.9 Å². The van der Waals surface area contributed by atoms with Gasteiger partial charge < -0.3 is 19.5 Å². The lowest BCUT2D eigenvalue weighted by molar-refractivity contribution is -0.140. The Balaban J connectivity index is 1.78. The van der Waals surface area contributed by atoms with Gasteiger partial charge in [0.15, 0.2) is 0 Å². The van der Waals surface area contributed by atoms with Gasteiger partial charge >= 0.3 is 0 Å². The summed E-state index contributed by atoms with van der Waals surface area (Å²) < 4.78 is 12.0. The van der Waals surface area contributed by atoms with Gasteiger partial charge in [-0.3, -0.25) is 9.59 Å². The molecule has 2 atom stereocenters. The van der Waals surface area contributed by atoms with Gasteiger partial charge in [-0.2, -0.15) is 0 Å². The van der Waals surface area contributed by atoms with Gasteiger partial charge in [-0.05, 0) is 61.7 Å². The van der Waals surface area contributed by atoms with Gasteiger partial charge in [0.25, 0.3) is 11.7 Å². The van der Waals surface area contributed by atoms with Gasteiger partial charge in [0.05, 0.1) is 24.3 Å². The highest BCUT2D eigenvalue weighted by Gasteiger charge is 2.47. The van der Waals surface area contributed by atoms with Crippen LogP contribution in [-0.4, -0.2) is 47.6 Å². The highest BCUT2D eigenvalue weighted by molar-refractivity contribution is 9.10. The number of halogens is 1. The van der Waals surface area contributed by atoms with Crippen molar-refractivity contribution in [1.29, 1.82) is 0 Å². The summed E-state index contributed by atoms with van der Waals surface area (Å²) in [7, 11) is 0. The maximum absolute atomic E-state index is 13.1. The van der Waals surface area contributed by atoms with Crippen molar-refractivity contribution in [2.75, 3.05) is 19.8 Å². The molecule has 31 heavy (non-hydrogen) atoms. The van der Waals surface area contributed by atoms with Gasteiger partial charge in [0, 0.05) is 23.2 Å². The molecule has 2 fully saturated rings. The van der Waals surface area contributed by atoms with E-state index in [1.807, 2.05) is 31.2 Å². The highest BCUT2D eigenvalue weighted by Crippen LogP contribution is 2.40. The van der Waals surface area contributed by atoms with E-state index in [2.05, 4.69) is 15.9 Å². The van der Waals surface area contributed by atoms with Crippen LogP contribution in [0.2, 0.25) is 0 Å². The Morgan fingerprint density at radius 1 is 1.23 bits per heavy atom. The molecule has 0 saturated carbocycles. The summed E-state index contributed by atoms with van der Waals surface area (Å²) in [6, 6.07) is 13.6. The van der Waals surface area contributed by atoms with Crippen LogP contribution in [0.4, 0.5) is 0 Å². The Hall–Kier alpha value is -2.64. The van der Waals surface area contributed by atoms with E-state index in [1.54, 1.807) is 24.3 Å². The molecule has 0 aromatic heterocycles. The number of hydrogen-bond donors (Lipinski definition) is 1. The van der Waals surface area contributed by atoms with Crippen molar-refractivity contribution in [2.24, 2.45) is 0 Å². The molecular weight excluding hydrogens is 462 g/mol. The number of ether oxygens (including phenoxy) is 2. The second-order valence-electron chi connectivity index (χ2n) is 7.60. The lowest BCUT2D eigenvalue weighted by Crippen LogP contribution is -2.36. The average molecular weight is 486 g/mol. The fourth-order valence-corrected chi connectivity index (χ4v) is 4.55. The van der Waals surface area contributed by atoms with Gasteiger partial charge in [-0.15, -0.1) is 0 Å². The first kappa shape index (κ1) is 21.6. The molecule has 6 nitrogen and oxygen atoms in total. The monoisotopic (exact) mass is 485 g/mol. The third kappa shape index (κ3) is 4.38. The van der Waals surface area contributed by atoms with Gasteiger partial charge in [0.2, 0.25) is 0 Å². The smallest absolute Gasteiger partial charge is 0.295 e. The maximum Gasteiger partial charge on any atom is 0.295 e. The van der Waals surface area contributed by atoms with Crippen molar-refractivity contribution in [3.63, 3.8) is 0 Å². The molecule has 2 aromatic rings. The second-order valence-corrected chi connectivity index (χ2v) is 8.51. The second kappa shape index (κ2) is 9.24. The third-order valence-corrected chi connectivity index (χ3v) is 6.06. The molecule has 162 valence electrons. The third-order valence-electron chi connectivity index (χ3n) is 5.57. The van der Waals surface area contributed by atoms with Gasteiger partial charge in [-0.25, -0.2) is 0 Å². The van der Waals surface area contributed by atoms with E-state index in [-0.39, 0.29) is 17.4 Å². The van der Waals surface area contributed by atoms with Crippen molar-refractivity contribution in [3.8, 4) is 5.75 Å². The predicted octanol–water partition coefficient (Wildman–Crippen LogP) is 4.45. The van der Waals surface area contributed by atoms with E-state index in [1.165, 1.54) is 4.90 Å². The first-order valence-corrected chi connectivity index (χ1v) is 11.2. The molecule has 0 spiro atoms. The zero-order valence-corrected chi connectivity index (χ0v) is 18.8. The molecule has 0 bridgehead atoms. The number of aliphatic hydroxyl groups is 1. The molecular formula is C24H24BrNO5. The molecule has 2 aromatic carbocycles. The Morgan fingerprint density at radius 2 is 2.00 bits per heavy atom. The lowest BCUT2D eigenvalue weighted by atomic mass is 9.95. The van der Waals surface area contributed by atoms with Crippen LogP contribution in [0, 0.1) is 0 Å². The molecule has 1 amide bonds. The first-order valence-electron chi connectivity index (χ1n) is 10.4. The fourth-order valence-electron chi connectivity index (χ4n) is 4.13. The minimum absolute atomic E-state index is 0.0882. The topological polar surface area (TPSA) is 76.1 Å². The summed E-state index contributed by atoms with van der Waals surface area (Å²) in [5.74, 6) is -0.829. The SMILES string of the molecule is CCOc1ccc(/C(O)=C2\C(=O)C(=O)N(CC3CCCO3)C2c2cccc(Br)c2)cc1. The van der Waals surface area contributed by atoms with Crippen LogP contribution in [0.1, 0.15) is 36.9 Å². The number of rotatable bonds is 6. The molecule has 7 heteroatoms. The largest absolute Gasteiger partial charge is 0.507 e. The van der Waals surface area contributed by atoms with Crippen molar-refractivity contribution < 1.29 is 24.2 Å². The molecule has 2 aliphatic heterocycles. The predicted molar refractivity (Wildman–Crippen MR) is 120 cm³/mol. The minimum Gasteiger partial charge on any atom is -0.507 e. The van der Waals surface area contributed by atoms with E-state index in [0.717, 1.165) is 22.9 Å². The van der Waals surface area contributed by atoms with Crippen LogP contribution in [0.5, 0.6) is 5.75 Å². The molecule has 1 N–H and O–H groups in total. The van der Waals surface area contributed by atoms with Crippen LogP contribution in [0.3, 0.4) is 0 Å². The summed E-state index contributed by atoms with van der Waals surface area (Å²) in [6.45, 7) is 3.38. The number of benzene rings is 2. The van der Waals surface area contributed by atoms with E-state index >= 15 is 0 Å². The van der Waals surface area contributed by atoms with Gasteiger partial charge in [0.1, 0.15) is 11.5 Å². The maximum atomic E-state index is 13.1. The number of nitrogens with zero attached hydrogens (tertiary/aromatic N) is 1. The first-order chi connectivity index (χ1) is 15.0. The molecule has 2 unspecified atom stereocenters. The van der Waals surface area contributed by atoms with Crippen LogP contribution >= 0.6 is 15.9 Å². The molecule has 0 radical (unpaired) electrons. The van der Waals surface area contributed by atoms with Gasteiger partial charge in [-0.1, -0.05) is 28.1 Å². The molecule has 2 saturated heterocycles. The number of carbonyl (C=O) groups is 2. The molecule has 4 rings (SSSR count). The van der Waals surface area contributed by atoms with Crippen LogP contribution in [0.15, 0.2) is 58.6 Å².